The van der Waals surface area contributed by atoms with E-state index < -0.39 is 0 Å². The van der Waals surface area contributed by atoms with Gasteiger partial charge in [-0.15, -0.1) is 0 Å². The van der Waals surface area contributed by atoms with E-state index in [4.69, 9.17) is 0 Å². The molecule has 0 radical (unpaired) electrons. The molecule has 0 fully saturated rings. The van der Waals surface area contributed by atoms with Gasteiger partial charge in [-0.25, -0.2) is 0 Å². The van der Waals surface area contributed by atoms with Gasteiger partial charge in [-0.05, 0) is 58.9 Å². The molecular formula is C27H41NO. The lowest BCUT2D eigenvalue weighted by molar-refractivity contribution is 0.443. The van der Waals surface area contributed by atoms with E-state index in [-0.39, 0.29) is 0 Å². The fourth-order valence-corrected chi connectivity index (χ4v) is 4.01. The number of unbranched alkanes of at least 4 members (excludes halogenated alkanes) is 1. The zero-order chi connectivity index (χ0) is 21.2. The Bertz CT molecular complexity index is 733. The van der Waals surface area contributed by atoms with Crippen LogP contribution in [0.2, 0.25) is 0 Å². The van der Waals surface area contributed by atoms with E-state index in [2.05, 4.69) is 76.3 Å². The zero-order valence-electron chi connectivity index (χ0n) is 19.2. The monoisotopic (exact) mass is 395 g/mol. The molecule has 0 bridgehead atoms. The molecule has 2 aromatic carbocycles. The lowest BCUT2D eigenvalue weighted by atomic mass is 9.90. The molecule has 0 saturated heterocycles. The van der Waals surface area contributed by atoms with Crippen LogP contribution in [-0.2, 0) is 25.9 Å². The maximum absolute atomic E-state index is 10.8. The summed E-state index contributed by atoms with van der Waals surface area (Å²) in [6, 6.07) is 13.4. The van der Waals surface area contributed by atoms with Gasteiger partial charge in [0.2, 0.25) is 0 Å². The quantitative estimate of drug-likeness (QED) is 0.401. The Morgan fingerprint density at radius 3 is 2.14 bits per heavy atom. The Labute approximate surface area is 178 Å². The van der Waals surface area contributed by atoms with Crippen molar-refractivity contribution in [2.75, 3.05) is 0 Å². The number of phenolic OH excluding ortho intramolecular Hbond substituents is 1. The van der Waals surface area contributed by atoms with Crippen molar-refractivity contribution in [2.24, 2.45) is 5.92 Å². The molecule has 2 aromatic rings. The number of benzene rings is 2. The van der Waals surface area contributed by atoms with Gasteiger partial charge in [-0.2, -0.15) is 0 Å². The minimum absolute atomic E-state index is 0.325. The number of aromatic hydroxyl groups is 1. The summed E-state index contributed by atoms with van der Waals surface area (Å²) in [7, 11) is 0. The maximum Gasteiger partial charge on any atom is 0.122 e. The van der Waals surface area contributed by atoms with Crippen LogP contribution in [0, 0.1) is 5.92 Å². The Morgan fingerprint density at radius 1 is 0.862 bits per heavy atom. The molecule has 0 aromatic heterocycles. The van der Waals surface area contributed by atoms with Gasteiger partial charge in [-0.1, -0.05) is 90.3 Å². The summed E-state index contributed by atoms with van der Waals surface area (Å²) in [5, 5.41) is 14.4. The maximum atomic E-state index is 10.8. The lowest BCUT2D eigenvalue weighted by Gasteiger charge is -2.18. The van der Waals surface area contributed by atoms with Crippen molar-refractivity contribution in [3.8, 4) is 5.75 Å². The Hall–Kier alpha value is -1.80. The Balaban J connectivity index is 2.02. The predicted molar refractivity (Wildman–Crippen MR) is 126 cm³/mol. The molecule has 0 aliphatic heterocycles. The molecule has 0 aliphatic rings. The van der Waals surface area contributed by atoms with Gasteiger partial charge in [0.05, 0.1) is 0 Å². The van der Waals surface area contributed by atoms with Crippen molar-refractivity contribution in [1.29, 1.82) is 0 Å². The van der Waals surface area contributed by atoms with Gasteiger partial charge in [0.25, 0.3) is 0 Å². The first-order valence-electron chi connectivity index (χ1n) is 11.6. The first-order valence-corrected chi connectivity index (χ1v) is 11.6. The summed E-state index contributed by atoms with van der Waals surface area (Å²) in [4.78, 5) is 0. The summed E-state index contributed by atoms with van der Waals surface area (Å²) in [5.74, 6) is 1.43. The third-order valence-electron chi connectivity index (χ3n) is 5.75. The summed E-state index contributed by atoms with van der Waals surface area (Å²) < 4.78 is 0. The molecule has 0 spiro atoms. The van der Waals surface area contributed by atoms with E-state index in [9.17, 15) is 5.11 Å². The molecule has 2 nitrogen and oxygen atoms in total. The molecule has 160 valence electrons. The smallest absolute Gasteiger partial charge is 0.122 e. The van der Waals surface area contributed by atoms with E-state index in [0.29, 0.717) is 17.6 Å². The second kappa shape index (κ2) is 12.0. The van der Waals surface area contributed by atoms with Gasteiger partial charge in [-0.3, -0.25) is 0 Å². The molecule has 1 atom stereocenters. The zero-order valence-corrected chi connectivity index (χ0v) is 19.2. The second-order valence-corrected chi connectivity index (χ2v) is 8.97. The van der Waals surface area contributed by atoms with Crippen LogP contribution in [0.15, 0.2) is 36.4 Å². The summed E-state index contributed by atoms with van der Waals surface area (Å²) in [6.07, 6.45) is 7.02. The average molecular weight is 396 g/mol. The van der Waals surface area contributed by atoms with Gasteiger partial charge in [0.1, 0.15) is 5.75 Å². The molecule has 29 heavy (non-hydrogen) atoms. The molecule has 0 heterocycles. The highest BCUT2D eigenvalue weighted by molar-refractivity contribution is 5.45. The fraction of sp³-hybridized carbons (Fsp3) is 0.556. The fourth-order valence-electron chi connectivity index (χ4n) is 4.01. The van der Waals surface area contributed by atoms with Gasteiger partial charge in [0.15, 0.2) is 0 Å². The number of hydrogen-bond donors (Lipinski definition) is 2. The summed E-state index contributed by atoms with van der Waals surface area (Å²) in [6.45, 7) is 12.8. The largest absolute Gasteiger partial charge is 0.507 e. The van der Waals surface area contributed by atoms with Crippen molar-refractivity contribution in [1.82, 2.24) is 5.32 Å². The third-order valence-corrected chi connectivity index (χ3v) is 5.75. The van der Waals surface area contributed by atoms with Crippen LogP contribution in [0.5, 0.6) is 5.75 Å². The van der Waals surface area contributed by atoms with E-state index in [1.54, 1.807) is 0 Å². The van der Waals surface area contributed by atoms with Crippen LogP contribution in [0.1, 0.15) is 94.0 Å². The van der Waals surface area contributed by atoms with Crippen molar-refractivity contribution < 1.29 is 5.11 Å². The van der Waals surface area contributed by atoms with Crippen LogP contribution in [0.4, 0.5) is 0 Å². The predicted octanol–water partition coefficient (Wildman–Crippen LogP) is 7.13. The second-order valence-electron chi connectivity index (χ2n) is 8.97. The van der Waals surface area contributed by atoms with Crippen LogP contribution in [0.25, 0.3) is 0 Å². The van der Waals surface area contributed by atoms with Crippen molar-refractivity contribution in [2.45, 2.75) is 92.2 Å². The highest BCUT2D eigenvalue weighted by Gasteiger charge is 2.15. The van der Waals surface area contributed by atoms with Crippen LogP contribution >= 0.6 is 0 Å². The first-order chi connectivity index (χ1) is 13.9. The molecule has 2 rings (SSSR count). The summed E-state index contributed by atoms with van der Waals surface area (Å²) in [5.41, 5.74) is 6.20. The SMILES string of the molecule is CCCCc1ccc(CNCc2cc(CC(C)CCC)c(O)c(C(C)C)c2)cc1. The topological polar surface area (TPSA) is 32.3 Å². The van der Waals surface area contributed by atoms with Gasteiger partial charge >= 0.3 is 0 Å². The third kappa shape index (κ3) is 7.51. The van der Waals surface area contributed by atoms with Gasteiger partial charge < -0.3 is 10.4 Å². The minimum Gasteiger partial charge on any atom is -0.507 e. The normalized spacial score (nSPS) is 12.5. The minimum atomic E-state index is 0.325. The number of hydrogen-bond acceptors (Lipinski definition) is 2. The molecule has 0 amide bonds. The summed E-state index contributed by atoms with van der Waals surface area (Å²) >= 11 is 0. The van der Waals surface area contributed by atoms with E-state index >= 15 is 0 Å². The number of rotatable bonds is 12. The molecule has 2 heteroatoms. The molecule has 0 saturated carbocycles. The standard InChI is InChI=1S/C27H41NO/c1-6-8-10-22-11-13-23(14-12-22)18-28-19-24-16-25(15-21(5)9-7-2)27(29)26(17-24)20(3)4/h11-14,16-17,20-21,28-29H,6-10,15,18-19H2,1-5H3. The van der Waals surface area contributed by atoms with Crippen LogP contribution in [-0.4, -0.2) is 5.11 Å². The molecule has 1 unspecified atom stereocenters. The molecular weight excluding hydrogens is 354 g/mol. The van der Waals surface area contributed by atoms with E-state index in [1.807, 2.05) is 0 Å². The lowest BCUT2D eigenvalue weighted by Crippen LogP contribution is -2.13. The number of nitrogens with one attached hydrogen (secondary N) is 1. The van der Waals surface area contributed by atoms with E-state index in [0.717, 1.165) is 30.6 Å². The highest BCUT2D eigenvalue weighted by Crippen LogP contribution is 2.32. The van der Waals surface area contributed by atoms with Crippen molar-refractivity contribution in [3.05, 3.63) is 64.2 Å². The van der Waals surface area contributed by atoms with Crippen LogP contribution in [0.3, 0.4) is 0 Å². The number of aryl methyl sites for hydroxylation is 1. The van der Waals surface area contributed by atoms with Crippen molar-refractivity contribution >= 4 is 0 Å². The van der Waals surface area contributed by atoms with Crippen molar-refractivity contribution in [3.63, 3.8) is 0 Å². The molecule has 0 aliphatic carbocycles. The first kappa shape index (κ1) is 23.5. The number of phenols is 1. The average Bonchev–Trinajstić information content (AvgIpc) is 2.69. The van der Waals surface area contributed by atoms with E-state index in [1.165, 1.54) is 48.8 Å². The van der Waals surface area contributed by atoms with Gasteiger partial charge in [0, 0.05) is 13.1 Å². The Morgan fingerprint density at radius 2 is 1.52 bits per heavy atom. The molecule has 2 N–H and O–H groups in total. The van der Waals surface area contributed by atoms with Crippen LogP contribution < -0.4 is 5.32 Å². The Kier molecular flexibility index (Phi) is 9.73. The highest BCUT2D eigenvalue weighted by atomic mass is 16.3.